The van der Waals surface area contributed by atoms with Crippen molar-refractivity contribution in [2.24, 2.45) is 0 Å². The first-order valence-corrected chi connectivity index (χ1v) is 7.18. The molecule has 1 aliphatic rings. The second-order valence-electron chi connectivity index (χ2n) is 5.47. The fourth-order valence-electron chi connectivity index (χ4n) is 2.90. The third-order valence-corrected chi connectivity index (χ3v) is 4.11. The first kappa shape index (κ1) is 17.3. The lowest BCUT2D eigenvalue weighted by Gasteiger charge is -2.33. The number of cyclic esters (lactones) is 1. The molecule has 0 radical (unpaired) electrons. The van der Waals surface area contributed by atoms with E-state index in [-0.39, 0.29) is 16.8 Å². The van der Waals surface area contributed by atoms with Crippen molar-refractivity contribution in [1.29, 1.82) is 0 Å². The summed E-state index contributed by atoms with van der Waals surface area (Å²) in [6.07, 6.45) is -2.86. The highest BCUT2D eigenvalue weighted by molar-refractivity contribution is 5.90. The number of nitrogens with zero attached hydrogens (tertiary/aromatic N) is 2. The number of nitro benzene ring substituents is 1. The summed E-state index contributed by atoms with van der Waals surface area (Å²) in [7, 11) is 0. The molecule has 1 N–H and O–H groups in total. The molecule has 1 atom stereocenters. The van der Waals surface area contributed by atoms with E-state index in [1.54, 1.807) is 0 Å². The Morgan fingerprint density at radius 3 is 2.31 bits per heavy atom. The Balaban J connectivity index is 2.25. The molecule has 1 heterocycles. The van der Waals surface area contributed by atoms with Crippen molar-refractivity contribution in [2.45, 2.75) is 5.54 Å². The average molecular weight is 364 g/mol. The number of carbonyl (C=O) groups excluding carboxylic acids is 1. The van der Waals surface area contributed by atoms with Crippen molar-refractivity contribution >= 4 is 17.9 Å². The van der Waals surface area contributed by atoms with E-state index in [0.717, 1.165) is 30.3 Å². The van der Waals surface area contributed by atoms with Gasteiger partial charge in [0, 0.05) is 12.1 Å². The van der Waals surface area contributed by atoms with Crippen LogP contribution in [0.4, 0.5) is 24.1 Å². The van der Waals surface area contributed by atoms with Gasteiger partial charge in [0.05, 0.1) is 4.92 Å². The van der Waals surface area contributed by atoms with E-state index in [1.165, 1.54) is 12.1 Å². The van der Waals surface area contributed by atoms with E-state index >= 15 is 0 Å². The number of benzene rings is 2. The molecule has 2 aromatic carbocycles. The molecule has 134 valence electrons. The van der Waals surface area contributed by atoms with E-state index in [2.05, 4.69) is 0 Å². The van der Waals surface area contributed by atoms with Crippen LogP contribution < -0.4 is 0 Å². The van der Waals surface area contributed by atoms with E-state index in [0.29, 0.717) is 4.90 Å². The van der Waals surface area contributed by atoms with Crippen LogP contribution in [0.3, 0.4) is 0 Å². The summed E-state index contributed by atoms with van der Waals surface area (Å²) in [6, 6.07) is 7.36. The van der Waals surface area contributed by atoms with Gasteiger partial charge in [-0.05, 0) is 35.4 Å². The Morgan fingerprint density at radius 2 is 1.77 bits per heavy atom. The van der Waals surface area contributed by atoms with Crippen LogP contribution in [0.15, 0.2) is 42.5 Å². The van der Waals surface area contributed by atoms with Crippen LogP contribution >= 0.6 is 0 Å². The molecule has 0 unspecified atom stereocenters. The Bertz CT molecular complexity index is 917. The van der Waals surface area contributed by atoms with Crippen LogP contribution in [-0.2, 0) is 10.3 Å². The second kappa shape index (κ2) is 6.06. The minimum atomic E-state index is -1.81. The Hall–Kier alpha value is -3.56. The van der Waals surface area contributed by atoms with Gasteiger partial charge in [-0.15, -0.1) is 0 Å². The maximum absolute atomic E-state index is 13.8. The van der Waals surface area contributed by atoms with Crippen molar-refractivity contribution in [3.63, 3.8) is 0 Å². The number of non-ortho nitro benzene ring substituents is 1. The normalized spacial score (nSPS) is 19.3. The van der Waals surface area contributed by atoms with Gasteiger partial charge < -0.3 is 9.84 Å². The molecule has 2 amide bonds. The lowest BCUT2D eigenvalue weighted by molar-refractivity contribution is -0.384. The lowest BCUT2D eigenvalue weighted by atomic mass is 9.82. The lowest BCUT2D eigenvalue weighted by Crippen LogP contribution is -2.48. The first-order valence-electron chi connectivity index (χ1n) is 7.18. The summed E-state index contributed by atoms with van der Waals surface area (Å²) >= 11 is 0. The Labute approximate surface area is 144 Å². The molecule has 1 aliphatic heterocycles. The third-order valence-electron chi connectivity index (χ3n) is 4.11. The number of rotatable bonds is 3. The number of nitro groups is 1. The molecule has 1 fully saturated rings. The SMILES string of the molecule is O=C(O)N1C(=O)OC[C@]1(c1ccc([N+](=O)[O-])cc1)c1ccc(F)c(F)c1. The van der Waals surface area contributed by atoms with E-state index < -0.39 is 40.9 Å². The van der Waals surface area contributed by atoms with Gasteiger partial charge in [0.25, 0.3) is 5.69 Å². The summed E-state index contributed by atoms with van der Waals surface area (Å²) in [4.78, 5) is 34.1. The molecule has 0 saturated carbocycles. The van der Waals surface area contributed by atoms with Gasteiger partial charge >= 0.3 is 12.2 Å². The van der Waals surface area contributed by atoms with E-state index in [9.17, 15) is 33.6 Å². The van der Waals surface area contributed by atoms with Crippen molar-refractivity contribution in [3.8, 4) is 0 Å². The number of ether oxygens (including phenoxy) is 1. The van der Waals surface area contributed by atoms with Gasteiger partial charge in [0.1, 0.15) is 12.1 Å². The van der Waals surface area contributed by atoms with Gasteiger partial charge in [-0.1, -0.05) is 6.07 Å². The van der Waals surface area contributed by atoms with Gasteiger partial charge in [-0.3, -0.25) is 10.1 Å². The number of halogens is 2. The molecular weight excluding hydrogens is 354 g/mol. The topological polar surface area (TPSA) is 110 Å². The fraction of sp³-hybridized carbons (Fsp3) is 0.125. The van der Waals surface area contributed by atoms with Crippen LogP contribution in [0.25, 0.3) is 0 Å². The highest BCUT2D eigenvalue weighted by atomic mass is 19.2. The fourth-order valence-corrected chi connectivity index (χ4v) is 2.90. The predicted octanol–water partition coefficient (Wildman–Crippen LogP) is 3.25. The van der Waals surface area contributed by atoms with Gasteiger partial charge in [0.2, 0.25) is 0 Å². The standard InChI is InChI=1S/C16H10F2N2O6/c17-12-6-3-10(7-13(12)18)16(8-26-15(23)19(16)14(21)22)9-1-4-11(5-2-9)20(24)25/h1-7H,8H2,(H,21,22)/t16-/m0/s1. The molecular formula is C16H10F2N2O6. The zero-order chi connectivity index (χ0) is 19.1. The number of hydrogen-bond acceptors (Lipinski definition) is 5. The third kappa shape index (κ3) is 2.51. The number of hydrogen-bond donors (Lipinski definition) is 1. The van der Waals surface area contributed by atoms with Crippen LogP contribution in [0.5, 0.6) is 0 Å². The maximum Gasteiger partial charge on any atom is 0.420 e. The maximum atomic E-state index is 13.8. The molecule has 26 heavy (non-hydrogen) atoms. The minimum absolute atomic E-state index is 0.0569. The summed E-state index contributed by atoms with van der Waals surface area (Å²) < 4.78 is 31.9. The Morgan fingerprint density at radius 1 is 1.15 bits per heavy atom. The quantitative estimate of drug-likeness (QED) is 0.661. The average Bonchev–Trinajstić information content (AvgIpc) is 2.96. The summed E-state index contributed by atoms with van der Waals surface area (Å²) in [5, 5.41) is 20.3. The van der Waals surface area contributed by atoms with Gasteiger partial charge in [-0.2, -0.15) is 4.90 Å². The molecule has 0 spiro atoms. The Kier molecular flexibility index (Phi) is 4.03. The molecule has 8 nitrogen and oxygen atoms in total. The number of carboxylic acid groups (broad SMARTS) is 1. The largest absolute Gasteiger partial charge is 0.464 e. The number of imide groups is 1. The summed E-state index contributed by atoms with van der Waals surface area (Å²) in [6.45, 7) is -0.499. The summed E-state index contributed by atoms with van der Waals surface area (Å²) in [5.74, 6) is -2.40. The molecule has 0 aliphatic carbocycles. The zero-order valence-corrected chi connectivity index (χ0v) is 12.9. The zero-order valence-electron chi connectivity index (χ0n) is 12.9. The number of carbonyl (C=O) groups is 2. The van der Waals surface area contributed by atoms with Crippen molar-refractivity contribution in [2.75, 3.05) is 6.61 Å². The second-order valence-corrected chi connectivity index (χ2v) is 5.47. The molecule has 3 rings (SSSR count). The molecule has 1 saturated heterocycles. The number of amides is 2. The highest BCUT2D eigenvalue weighted by Crippen LogP contribution is 2.42. The van der Waals surface area contributed by atoms with E-state index in [1.807, 2.05) is 0 Å². The van der Waals surface area contributed by atoms with Crippen molar-refractivity contribution in [1.82, 2.24) is 4.90 Å². The molecule has 10 heteroatoms. The predicted molar refractivity (Wildman–Crippen MR) is 81.4 cm³/mol. The molecule has 2 aromatic rings. The molecule has 0 bridgehead atoms. The minimum Gasteiger partial charge on any atom is -0.464 e. The van der Waals surface area contributed by atoms with Crippen LogP contribution in [0.1, 0.15) is 11.1 Å². The van der Waals surface area contributed by atoms with E-state index in [4.69, 9.17) is 4.74 Å². The molecule has 0 aromatic heterocycles. The van der Waals surface area contributed by atoms with Crippen molar-refractivity contribution in [3.05, 3.63) is 75.3 Å². The van der Waals surface area contributed by atoms with Crippen LogP contribution in [0.2, 0.25) is 0 Å². The first-order chi connectivity index (χ1) is 12.3. The highest BCUT2D eigenvalue weighted by Gasteiger charge is 2.54. The van der Waals surface area contributed by atoms with Crippen LogP contribution in [0, 0.1) is 21.7 Å². The van der Waals surface area contributed by atoms with Crippen LogP contribution in [-0.4, -0.2) is 33.7 Å². The summed E-state index contributed by atoms with van der Waals surface area (Å²) in [5.41, 5.74) is -2.01. The van der Waals surface area contributed by atoms with Gasteiger partial charge in [-0.25, -0.2) is 18.4 Å². The van der Waals surface area contributed by atoms with Crippen molar-refractivity contribution < 1.29 is 33.1 Å². The monoisotopic (exact) mass is 364 g/mol. The smallest absolute Gasteiger partial charge is 0.420 e. The van der Waals surface area contributed by atoms with Gasteiger partial charge in [0.15, 0.2) is 11.6 Å².